The summed E-state index contributed by atoms with van der Waals surface area (Å²) in [6.45, 7) is 6.50. The second-order valence-corrected chi connectivity index (χ2v) is 5.61. The molecule has 0 bridgehead atoms. The molecule has 5 nitrogen and oxygen atoms in total. The summed E-state index contributed by atoms with van der Waals surface area (Å²) >= 11 is 1.70. The lowest BCUT2D eigenvalue weighted by molar-refractivity contribution is 0.499. The molecule has 2 aromatic rings. The maximum absolute atomic E-state index is 5.61. The maximum atomic E-state index is 5.61. The molecule has 1 atom stereocenters. The van der Waals surface area contributed by atoms with E-state index in [1.807, 2.05) is 19.9 Å². The van der Waals surface area contributed by atoms with Crippen molar-refractivity contribution in [3.63, 3.8) is 0 Å². The Labute approximate surface area is 110 Å². The highest BCUT2D eigenvalue weighted by molar-refractivity contribution is 7.99. The van der Waals surface area contributed by atoms with Crippen LogP contribution in [-0.4, -0.2) is 22.0 Å². The third-order valence-corrected chi connectivity index (χ3v) is 3.74. The number of aryl methyl sites for hydroxylation is 2. The molecule has 0 saturated heterocycles. The van der Waals surface area contributed by atoms with Crippen LogP contribution in [-0.2, 0) is 5.75 Å². The standard InChI is InChI=1S/C12H17N3O2S/c1-7-4-10(9(3)16-7)12-15-14-11(17-12)6-18-8(2)5-13/h4,8H,5-6,13H2,1-3H3. The van der Waals surface area contributed by atoms with Gasteiger partial charge in [-0.2, -0.15) is 0 Å². The highest BCUT2D eigenvalue weighted by Gasteiger charge is 2.14. The Morgan fingerprint density at radius 1 is 1.33 bits per heavy atom. The average Bonchev–Trinajstić information content (AvgIpc) is 2.92. The first-order valence-corrected chi connectivity index (χ1v) is 6.86. The van der Waals surface area contributed by atoms with Crippen molar-refractivity contribution in [3.8, 4) is 11.5 Å². The molecule has 0 aliphatic heterocycles. The van der Waals surface area contributed by atoms with Crippen LogP contribution in [0, 0.1) is 13.8 Å². The van der Waals surface area contributed by atoms with Gasteiger partial charge >= 0.3 is 0 Å². The van der Waals surface area contributed by atoms with Crippen molar-refractivity contribution < 1.29 is 8.83 Å². The fourth-order valence-electron chi connectivity index (χ4n) is 1.55. The first kappa shape index (κ1) is 13.2. The molecule has 0 aliphatic rings. The van der Waals surface area contributed by atoms with E-state index in [-0.39, 0.29) is 0 Å². The Hall–Kier alpha value is -1.27. The van der Waals surface area contributed by atoms with Gasteiger partial charge in [0, 0.05) is 11.8 Å². The quantitative estimate of drug-likeness (QED) is 0.896. The van der Waals surface area contributed by atoms with Gasteiger partial charge in [0.25, 0.3) is 5.89 Å². The first-order chi connectivity index (χ1) is 8.60. The number of thioether (sulfide) groups is 1. The first-order valence-electron chi connectivity index (χ1n) is 5.81. The molecule has 2 heterocycles. The molecule has 0 saturated carbocycles. The molecule has 0 amide bonds. The van der Waals surface area contributed by atoms with Gasteiger partial charge in [0.1, 0.15) is 11.5 Å². The average molecular weight is 267 g/mol. The number of hydrogen-bond acceptors (Lipinski definition) is 6. The van der Waals surface area contributed by atoms with Crippen LogP contribution in [0.2, 0.25) is 0 Å². The molecule has 0 aliphatic carbocycles. The van der Waals surface area contributed by atoms with Crippen LogP contribution >= 0.6 is 11.8 Å². The van der Waals surface area contributed by atoms with Crippen molar-refractivity contribution in [3.05, 3.63) is 23.5 Å². The molecule has 0 spiro atoms. The normalized spacial score (nSPS) is 12.9. The second-order valence-electron chi connectivity index (χ2n) is 4.19. The van der Waals surface area contributed by atoms with Crippen molar-refractivity contribution in [1.82, 2.24) is 10.2 Å². The van der Waals surface area contributed by atoms with Gasteiger partial charge in [-0.1, -0.05) is 6.92 Å². The molecule has 0 radical (unpaired) electrons. The largest absolute Gasteiger partial charge is 0.466 e. The number of nitrogens with two attached hydrogens (primary N) is 1. The summed E-state index contributed by atoms with van der Waals surface area (Å²) in [6.07, 6.45) is 0. The van der Waals surface area contributed by atoms with Crippen molar-refractivity contribution in [1.29, 1.82) is 0 Å². The monoisotopic (exact) mass is 267 g/mol. The summed E-state index contributed by atoms with van der Waals surface area (Å²) in [7, 11) is 0. The Bertz CT molecular complexity index is 521. The molecule has 6 heteroatoms. The molecular formula is C12H17N3O2S. The number of furan rings is 1. The predicted octanol–water partition coefficient (Wildman–Crippen LogP) is 2.53. The Morgan fingerprint density at radius 3 is 2.72 bits per heavy atom. The second kappa shape index (κ2) is 5.58. The van der Waals surface area contributed by atoms with Gasteiger partial charge in [-0.25, -0.2) is 0 Å². The van der Waals surface area contributed by atoms with Gasteiger partial charge in [-0.15, -0.1) is 22.0 Å². The zero-order chi connectivity index (χ0) is 13.1. The third-order valence-electron chi connectivity index (χ3n) is 2.56. The summed E-state index contributed by atoms with van der Waals surface area (Å²) in [5.41, 5.74) is 6.42. The van der Waals surface area contributed by atoms with E-state index in [0.717, 1.165) is 17.1 Å². The van der Waals surface area contributed by atoms with Crippen LogP contribution in [0.1, 0.15) is 24.3 Å². The van der Waals surface area contributed by atoms with E-state index in [0.29, 0.717) is 29.3 Å². The molecule has 2 aromatic heterocycles. The number of aromatic nitrogens is 2. The van der Waals surface area contributed by atoms with Crippen LogP contribution in [0.5, 0.6) is 0 Å². The van der Waals surface area contributed by atoms with E-state index < -0.39 is 0 Å². The Morgan fingerprint density at radius 2 is 2.11 bits per heavy atom. The molecule has 98 valence electrons. The van der Waals surface area contributed by atoms with Gasteiger partial charge in [0.2, 0.25) is 5.89 Å². The van der Waals surface area contributed by atoms with Crippen molar-refractivity contribution >= 4 is 11.8 Å². The van der Waals surface area contributed by atoms with E-state index >= 15 is 0 Å². The van der Waals surface area contributed by atoms with Crippen LogP contribution in [0.4, 0.5) is 0 Å². The SMILES string of the molecule is Cc1cc(-c2nnc(CSC(C)CN)o2)c(C)o1. The van der Waals surface area contributed by atoms with Crippen LogP contribution < -0.4 is 5.73 Å². The third kappa shape index (κ3) is 2.94. The fraction of sp³-hybridized carbons (Fsp3) is 0.500. The zero-order valence-electron chi connectivity index (χ0n) is 10.8. The molecule has 1 unspecified atom stereocenters. The number of hydrogen-bond donors (Lipinski definition) is 1. The van der Waals surface area contributed by atoms with E-state index in [1.54, 1.807) is 11.8 Å². The van der Waals surface area contributed by atoms with Crippen LogP contribution in [0.15, 0.2) is 14.9 Å². The number of rotatable bonds is 5. The van der Waals surface area contributed by atoms with Crippen molar-refractivity contribution in [2.75, 3.05) is 6.54 Å². The van der Waals surface area contributed by atoms with Gasteiger partial charge in [-0.3, -0.25) is 0 Å². The summed E-state index contributed by atoms with van der Waals surface area (Å²) in [5, 5.41) is 8.46. The number of nitrogens with zero attached hydrogens (tertiary/aromatic N) is 2. The van der Waals surface area contributed by atoms with E-state index in [9.17, 15) is 0 Å². The fourth-order valence-corrected chi connectivity index (χ4v) is 2.23. The molecule has 0 fully saturated rings. The summed E-state index contributed by atoms with van der Waals surface area (Å²) in [6, 6.07) is 1.91. The van der Waals surface area contributed by atoms with Crippen molar-refractivity contribution in [2.24, 2.45) is 5.73 Å². The summed E-state index contributed by atoms with van der Waals surface area (Å²) < 4.78 is 11.1. The minimum absolute atomic E-state index is 0.387. The predicted molar refractivity (Wildman–Crippen MR) is 71.3 cm³/mol. The van der Waals surface area contributed by atoms with Crippen LogP contribution in [0.25, 0.3) is 11.5 Å². The molecule has 0 aromatic carbocycles. The van der Waals surface area contributed by atoms with Gasteiger partial charge in [-0.05, 0) is 19.9 Å². The topological polar surface area (TPSA) is 78.1 Å². The van der Waals surface area contributed by atoms with Crippen molar-refractivity contribution in [2.45, 2.75) is 31.8 Å². The zero-order valence-corrected chi connectivity index (χ0v) is 11.6. The molecular weight excluding hydrogens is 250 g/mol. The molecule has 2 rings (SSSR count). The lowest BCUT2D eigenvalue weighted by atomic mass is 10.2. The smallest absolute Gasteiger partial charge is 0.251 e. The van der Waals surface area contributed by atoms with Gasteiger partial charge in [0.15, 0.2) is 0 Å². The minimum Gasteiger partial charge on any atom is -0.466 e. The van der Waals surface area contributed by atoms with Crippen LogP contribution in [0.3, 0.4) is 0 Å². The van der Waals surface area contributed by atoms with E-state index in [1.165, 1.54) is 0 Å². The van der Waals surface area contributed by atoms with E-state index in [2.05, 4.69) is 17.1 Å². The van der Waals surface area contributed by atoms with E-state index in [4.69, 9.17) is 14.6 Å². The minimum atomic E-state index is 0.387. The maximum Gasteiger partial charge on any atom is 0.251 e. The lowest BCUT2D eigenvalue weighted by Gasteiger charge is -2.04. The summed E-state index contributed by atoms with van der Waals surface area (Å²) in [5.74, 6) is 3.45. The highest BCUT2D eigenvalue weighted by atomic mass is 32.2. The highest BCUT2D eigenvalue weighted by Crippen LogP contribution is 2.26. The van der Waals surface area contributed by atoms with Gasteiger partial charge in [0.05, 0.1) is 11.3 Å². The summed E-state index contributed by atoms with van der Waals surface area (Å²) in [4.78, 5) is 0. The lowest BCUT2D eigenvalue weighted by Crippen LogP contribution is -2.12. The molecule has 18 heavy (non-hydrogen) atoms. The molecule has 2 N–H and O–H groups in total. The van der Waals surface area contributed by atoms with Gasteiger partial charge < -0.3 is 14.6 Å². The Balaban J connectivity index is 2.08. The Kier molecular flexibility index (Phi) is 4.08.